The lowest BCUT2D eigenvalue weighted by Crippen LogP contribution is -2.08. The third-order valence-electron chi connectivity index (χ3n) is 2.47. The lowest BCUT2D eigenvalue weighted by atomic mass is 9.98. The fraction of sp³-hybridized carbons (Fsp3) is 0.909. The minimum Gasteiger partial charge on any atom is -0.372 e. The van der Waals surface area contributed by atoms with Crippen LogP contribution in [0.4, 0.5) is 0 Å². The van der Waals surface area contributed by atoms with Gasteiger partial charge in [-0.1, -0.05) is 39.0 Å². The summed E-state index contributed by atoms with van der Waals surface area (Å²) in [5.41, 5.74) is 0. The molecule has 1 heteroatoms. The van der Waals surface area contributed by atoms with E-state index in [-0.39, 0.29) is 0 Å². The molecule has 0 unspecified atom stereocenters. The van der Waals surface area contributed by atoms with Crippen LogP contribution in [0.5, 0.6) is 0 Å². The summed E-state index contributed by atoms with van der Waals surface area (Å²) in [6.07, 6.45) is 11.8. The van der Waals surface area contributed by atoms with Gasteiger partial charge in [-0.3, -0.25) is 0 Å². The van der Waals surface area contributed by atoms with E-state index in [4.69, 9.17) is 4.74 Å². The van der Waals surface area contributed by atoms with E-state index in [1.165, 1.54) is 57.5 Å². The smallest absolute Gasteiger partial charge is 0.0970 e. The highest BCUT2D eigenvalue weighted by atomic mass is 16.5. The molecule has 0 aromatic carbocycles. The molecule has 1 rings (SSSR count). The molecular formula is C11H21O. The molecule has 0 aromatic heterocycles. The van der Waals surface area contributed by atoms with Crippen molar-refractivity contribution >= 4 is 0 Å². The van der Waals surface area contributed by atoms with Crippen LogP contribution in [0.1, 0.15) is 58.3 Å². The fourth-order valence-corrected chi connectivity index (χ4v) is 1.66. The predicted molar refractivity (Wildman–Crippen MR) is 51.8 cm³/mol. The first-order chi connectivity index (χ1) is 5.93. The maximum Gasteiger partial charge on any atom is 0.0970 e. The first-order valence-corrected chi connectivity index (χ1v) is 5.41. The number of hydrogen-bond donors (Lipinski definition) is 0. The topological polar surface area (TPSA) is 9.23 Å². The molecule has 1 aliphatic carbocycles. The summed E-state index contributed by atoms with van der Waals surface area (Å²) < 4.78 is 5.70. The SMILES string of the molecule is CCCCCO[C]1CCCCC1. The second-order valence-corrected chi connectivity index (χ2v) is 3.65. The summed E-state index contributed by atoms with van der Waals surface area (Å²) in [4.78, 5) is 0. The van der Waals surface area contributed by atoms with Gasteiger partial charge in [0.05, 0.1) is 6.10 Å². The summed E-state index contributed by atoms with van der Waals surface area (Å²) in [6, 6.07) is 0. The van der Waals surface area contributed by atoms with Gasteiger partial charge in [0, 0.05) is 6.61 Å². The van der Waals surface area contributed by atoms with E-state index in [0.717, 1.165) is 6.61 Å². The maximum absolute atomic E-state index is 5.70. The van der Waals surface area contributed by atoms with Crippen LogP contribution < -0.4 is 0 Å². The Morgan fingerprint density at radius 1 is 1.08 bits per heavy atom. The molecule has 0 atom stereocenters. The Balaban J connectivity index is 1.91. The zero-order chi connectivity index (χ0) is 8.65. The zero-order valence-corrected chi connectivity index (χ0v) is 8.27. The Morgan fingerprint density at radius 3 is 2.50 bits per heavy atom. The normalized spacial score (nSPS) is 19.8. The van der Waals surface area contributed by atoms with E-state index in [1.807, 2.05) is 0 Å². The predicted octanol–water partition coefficient (Wildman–Crippen LogP) is 3.69. The third kappa shape index (κ3) is 4.10. The van der Waals surface area contributed by atoms with E-state index >= 15 is 0 Å². The second kappa shape index (κ2) is 6.47. The van der Waals surface area contributed by atoms with Crippen molar-refractivity contribution in [2.75, 3.05) is 6.61 Å². The van der Waals surface area contributed by atoms with Gasteiger partial charge in [0.25, 0.3) is 0 Å². The monoisotopic (exact) mass is 169 g/mol. The van der Waals surface area contributed by atoms with Crippen LogP contribution in [0.2, 0.25) is 0 Å². The summed E-state index contributed by atoms with van der Waals surface area (Å²) in [7, 11) is 0. The first-order valence-electron chi connectivity index (χ1n) is 5.41. The molecule has 1 radical (unpaired) electrons. The van der Waals surface area contributed by atoms with Crippen molar-refractivity contribution in [1.82, 2.24) is 0 Å². The van der Waals surface area contributed by atoms with Gasteiger partial charge in [0.2, 0.25) is 0 Å². The molecule has 1 fully saturated rings. The lowest BCUT2D eigenvalue weighted by molar-refractivity contribution is 0.110. The van der Waals surface area contributed by atoms with E-state index < -0.39 is 0 Å². The van der Waals surface area contributed by atoms with Gasteiger partial charge in [-0.05, 0) is 19.3 Å². The molecule has 1 aliphatic rings. The van der Waals surface area contributed by atoms with Gasteiger partial charge in [0.1, 0.15) is 0 Å². The fourth-order valence-electron chi connectivity index (χ4n) is 1.66. The zero-order valence-electron chi connectivity index (χ0n) is 8.27. The Kier molecular flexibility index (Phi) is 5.42. The largest absolute Gasteiger partial charge is 0.372 e. The van der Waals surface area contributed by atoms with Crippen LogP contribution in [0.25, 0.3) is 0 Å². The number of rotatable bonds is 5. The van der Waals surface area contributed by atoms with Crippen LogP contribution in [-0.2, 0) is 4.74 Å². The molecule has 0 bridgehead atoms. The van der Waals surface area contributed by atoms with Gasteiger partial charge in [0.15, 0.2) is 0 Å². The Labute approximate surface area is 76.5 Å². The highest BCUT2D eigenvalue weighted by Gasteiger charge is 2.13. The molecule has 0 spiro atoms. The summed E-state index contributed by atoms with van der Waals surface area (Å²) >= 11 is 0. The molecule has 71 valence electrons. The average molecular weight is 169 g/mol. The van der Waals surface area contributed by atoms with Crippen LogP contribution in [0.3, 0.4) is 0 Å². The van der Waals surface area contributed by atoms with Crippen molar-refractivity contribution in [1.29, 1.82) is 0 Å². The minimum atomic E-state index is 0.961. The Hall–Kier alpha value is -0.0400. The molecule has 0 heterocycles. The molecule has 0 aliphatic heterocycles. The van der Waals surface area contributed by atoms with Crippen LogP contribution in [0, 0.1) is 6.10 Å². The standard InChI is InChI=1S/C11H21O/c1-2-3-7-10-12-11-8-5-4-6-9-11/h2-10H2,1H3. The molecular weight excluding hydrogens is 148 g/mol. The molecule has 1 saturated carbocycles. The van der Waals surface area contributed by atoms with Gasteiger partial charge >= 0.3 is 0 Å². The lowest BCUT2D eigenvalue weighted by Gasteiger charge is -2.20. The van der Waals surface area contributed by atoms with Crippen molar-refractivity contribution in [3.05, 3.63) is 6.10 Å². The van der Waals surface area contributed by atoms with Crippen LogP contribution >= 0.6 is 0 Å². The molecule has 0 amide bonds. The van der Waals surface area contributed by atoms with Gasteiger partial charge in [-0.15, -0.1) is 0 Å². The van der Waals surface area contributed by atoms with Crippen molar-refractivity contribution in [3.8, 4) is 0 Å². The third-order valence-corrected chi connectivity index (χ3v) is 2.47. The van der Waals surface area contributed by atoms with E-state index in [2.05, 4.69) is 6.92 Å². The summed E-state index contributed by atoms with van der Waals surface area (Å²) in [5.74, 6) is 0. The van der Waals surface area contributed by atoms with Crippen molar-refractivity contribution < 1.29 is 4.74 Å². The second-order valence-electron chi connectivity index (χ2n) is 3.65. The van der Waals surface area contributed by atoms with Crippen molar-refractivity contribution in [3.63, 3.8) is 0 Å². The average Bonchev–Trinajstić information content (AvgIpc) is 2.14. The van der Waals surface area contributed by atoms with Crippen molar-refractivity contribution in [2.24, 2.45) is 0 Å². The number of unbranched alkanes of at least 4 members (excludes halogenated alkanes) is 2. The minimum absolute atomic E-state index is 0.961. The molecule has 1 nitrogen and oxygen atoms in total. The van der Waals surface area contributed by atoms with Gasteiger partial charge in [-0.25, -0.2) is 0 Å². The quantitative estimate of drug-likeness (QED) is 0.570. The van der Waals surface area contributed by atoms with E-state index in [9.17, 15) is 0 Å². The van der Waals surface area contributed by atoms with E-state index in [0.29, 0.717) is 0 Å². The van der Waals surface area contributed by atoms with Crippen LogP contribution in [0.15, 0.2) is 0 Å². The molecule has 12 heavy (non-hydrogen) atoms. The summed E-state index contributed by atoms with van der Waals surface area (Å²) in [6.45, 7) is 3.19. The Morgan fingerprint density at radius 2 is 1.83 bits per heavy atom. The van der Waals surface area contributed by atoms with E-state index in [1.54, 1.807) is 0 Å². The van der Waals surface area contributed by atoms with Gasteiger partial charge in [-0.2, -0.15) is 0 Å². The van der Waals surface area contributed by atoms with Crippen molar-refractivity contribution in [2.45, 2.75) is 58.3 Å². The van der Waals surface area contributed by atoms with Crippen LogP contribution in [-0.4, -0.2) is 6.61 Å². The highest BCUT2D eigenvalue weighted by Crippen LogP contribution is 2.26. The molecule has 0 saturated heterocycles. The molecule has 0 aromatic rings. The van der Waals surface area contributed by atoms with Gasteiger partial charge < -0.3 is 4.74 Å². The number of hydrogen-bond acceptors (Lipinski definition) is 1. The Bertz CT molecular complexity index is 95.2. The number of ether oxygens (including phenoxy) is 1. The maximum atomic E-state index is 5.70. The summed E-state index contributed by atoms with van der Waals surface area (Å²) in [5, 5.41) is 0. The first kappa shape index (κ1) is 10.0. The highest BCUT2D eigenvalue weighted by molar-refractivity contribution is 4.81. The molecule has 0 N–H and O–H groups in total.